The van der Waals surface area contributed by atoms with Gasteiger partial charge in [-0.1, -0.05) is 11.6 Å². The van der Waals surface area contributed by atoms with Crippen molar-refractivity contribution in [2.24, 2.45) is 0 Å². The molecule has 1 N–H and O–H groups in total. The predicted octanol–water partition coefficient (Wildman–Crippen LogP) is 4.21. The van der Waals surface area contributed by atoms with E-state index in [1.807, 2.05) is 30.8 Å². The summed E-state index contributed by atoms with van der Waals surface area (Å²) in [6.07, 6.45) is 4.55. The molecule has 1 aromatic carbocycles. The third kappa shape index (κ3) is 4.68. The average molecular weight is 274 g/mol. The highest BCUT2D eigenvalue weighted by Crippen LogP contribution is 2.30. The van der Waals surface area contributed by atoms with Crippen molar-refractivity contribution in [1.82, 2.24) is 0 Å². The lowest BCUT2D eigenvalue weighted by Crippen LogP contribution is -2.04. The van der Waals surface area contributed by atoms with Crippen molar-refractivity contribution in [3.8, 4) is 5.75 Å². The summed E-state index contributed by atoms with van der Waals surface area (Å²) >= 11 is 7.95. The minimum Gasteiger partial charge on any atom is -0.495 e. The molecule has 0 aliphatic heterocycles. The van der Waals surface area contributed by atoms with Gasteiger partial charge >= 0.3 is 0 Å². The summed E-state index contributed by atoms with van der Waals surface area (Å²) in [5.41, 5.74) is 2.10. The number of nitrogens with one attached hydrogen (secondary N) is 1. The van der Waals surface area contributed by atoms with Gasteiger partial charge in [0.2, 0.25) is 0 Å². The smallest absolute Gasteiger partial charge is 0.143 e. The SMILES string of the molecule is COc1cc(Cl)c(C)cc1NCCCCSC. The molecule has 0 atom stereocenters. The summed E-state index contributed by atoms with van der Waals surface area (Å²) in [5.74, 6) is 2.03. The number of rotatable bonds is 7. The molecule has 0 aliphatic carbocycles. The summed E-state index contributed by atoms with van der Waals surface area (Å²) in [4.78, 5) is 0. The van der Waals surface area contributed by atoms with Crippen LogP contribution in [0.3, 0.4) is 0 Å². The summed E-state index contributed by atoms with van der Waals surface area (Å²) in [6, 6.07) is 3.90. The quantitative estimate of drug-likeness (QED) is 0.752. The summed E-state index contributed by atoms with van der Waals surface area (Å²) < 4.78 is 5.31. The van der Waals surface area contributed by atoms with E-state index in [1.54, 1.807) is 7.11 Å². The van der Waals surface area contributed by atoms with Crippen LogP contribution < -0.4 is 10.1 Å². The van der Waals surface area contributed by atoms with Gasteiger partial charge in [-0.25, -0.2) is 0 Å². The second kappa shape index (κ2) is 7.72. The van der Waals surface area contributed by atoms with Crippen molar-refractivity contribution in [3.63, 3.8) is 0 Å². The first-order chi connectivity index (χ1) is 8.19. The van der Waals surface area contributed by atoms with Crippen molar-refractivity contribution in [2.75, 3.05) is 31.0 Å². The molecule has 0 heterocycles. The first kappa shape index (κ1) is 14.5. The molecule has 1 rings (SSSR count). The molecule has 0 aliphatic rings. The van der Waals surface area contributed by atoms with Crippen LogP contribution in [0.1, 0.15) is 18.4 Å². The maximum Gasteiger partial charge on any atom is 0.143 e. The number of anilines is 1. The van der Waals surface area contributed by atoms with Crippen LogP contribution in [0.2, 0.25) is 5.02 Å². The molecule has 0 saturated heterocycles. The highest BCUT2D eigenvalue weighted by Gasteiger charge is 2.06. The molecule has 0 saturated carbocycles. The Morgan fingerprint density at radius 1 is 1.35 bits per heavy atom. The van der Waals surface area contributed by atoms with E-state index in [0.29, 0.717) is 0 Å². The maximum atomic E-state index is 6.06. The lowest BCUT2D eigenvalue weighted by atomic mass is 10.2. The Labute approximate surface area is 113 Å². The lowest BCUT2D eigenvalue weighted by molar-refractivity contribution is 0.416. The van der Waals surface area contributed by atoms with E-state index < -0.39 is 0 Å². The minimum atomic E-state index is 0.745. The molecule has 0 radical (unpaired) electrons. The zero-order valence-corrected chi connectivity index (χ0v) is 12.3. The summed E-state index contributed by atoms with van der Waals surface area (Å²) in [5, 5.41) is 4.14. The number of benzene rings is 1. The van der Waals surface area contributed by atoms with Crippen molar-refractivity contribution in [2.45, 2.75) is 19.8 Å². The van der Waals surface area contributed by atoms with E-state index >= 15 is 0 Å². The van der Waals surface area contributed by atoms with Gasteiger partial charge in [0.25, 0.3) is 0 Å². The van der Waals surface area contributed by atoms with Gasteiger partial charge in [-0.05, 0) is 43.4 Å². The normalized spacial score (nSPS) is 10.4. The van der Waals surface area contributed by atoms with Crippen LogP contribution in [0.15, 0.2) is 12.1 Å². The van der Waals surface area contributed by atoms with Gasteiger partial charge in [0.1, 0.15) is 5.75 Å². The zero-order valence-electron chi connectivity index (χ0n) is 10.7. The van der Waals surface area contributed by atoms with Crippen molar-refractivity contribution in [3.05, 3.63) is 22.7 Å². The largest absolute Gasteiger partial charge is 0.495 e. The third-order valence-corrected chi connectivity index (χ3v) is 3.68. The molecule has 96 valence electrons. The van der Waals surface area contributed by atoms with Crippen molar-refractivity contribution >= 4 is 29.1 Å². The number of unbranched alkanes of at least 4 members (excludes halogenated alkanes) is 1. The van der Waals surface area contributed by atoms with Crippen LogP contribution in [-0.4, -0.2) is 25.7 Å². The fourth-order valence-electron chi connectivity index (χ4n) is 1.56. The lowest BCUT2D eigenvalue weighted by Gasteiger charge is -2.13. The molecule has 0 fully saturated rings. The van der Waals surface area contributed by atoms with Gasteiger partial charge in [0, 0.05) is 17.6 Å². The first-order valence-electron chi connectivity index (χ1n) is 5.76. The van der Waals surface area contributed by atoms with Crippen LogP contribution in [-0.2, 0) is 0 Å². The van der Waals surface area contributed by atoms with Crippen molar-refractivity contribution in [1.29, 1.82) is 0 Å². The van der Waals surface area contributed by atoms with Gasteiger partial charge in [0.15, 0.2) is 0 Å². The monoisotopic (exact) mass is 273 g/mol. The van der Waals surface area contributed by atoms with E-state index in [1.165, 1.54) is 18.6 Å². The van der Waals surface area contributed by atoms with Gasteiger partial charge in [0.05, 0.1) is 12.8 Å². The van der Waals surface area contributed by atoms with Gasteiger partial charge in [-0.15, -0.1) is 0 Å². The molecule has 0 amide bonds. The Morgan fingerprint density at radius 3 is 2.76 bits per heavy atom. The van der Waals surface area contributed by atoms with E-state index in [0.717, 1.165) is 28.6 Å². The van der Waals surface area contributed by atoms with E-state index in [4.69, 9.17) is 16.3 Å². The van der Waals surface area contributed by atoms with E-state index in [2.05, 4.69) is 11.6 Å². The average Bonchev–Trinajstić information content (AvgIpc) is 2.33. The fraction of sp³-hybridized carbons (Fsp3) is 0.538. The molecule has 0 spiro atoms. The Morgan fingerprint density at radius 2 is 2.12 bits per heavy atom. The third-order valence-electron chi connectivity index (χ3n) is 2.57. The first-order valence-corrected chi connectivity index (χ1v) is 7.53. The predicted molar refractivity (Wildman–Crippen MR) is 78.8 cm³/mol. The Balaban J connectivity index is 2.54. The molecular formula is C13H20ClNOS. The Bertz CT molecular complexity index is 358. The molecule has 0 unspecified atom stereocenters. The topological polar surface area (TPSA) is 21.3 Å². The number of halogens is 1. The maximum absolute atomic E-state index is 6.06. The zero-order chi connectivity index (χ0) is 12.7. The van der Waals surface area contributed by atoms with Crippen molar-refractivity contribution < 1.29 is 4.74 Å². The number of ether oxygens (including phenoxy) is 1. The van der Waals surface area contributed by atoms with E-state index in [9.17, 15) is 0 Å². The van der Waals surface area contributed by atoms with Crippen LogP contribution >= 0.6 is 23.4 Å². The molecule has 17 heavy (non-hydrogen) atoms. The number of hydrogen-bond donors (Lipinski definition) is 1. The Hall–Kier alpha value is -0.540. The summed E-state index contributed by atoms with van der Waals surface area (Å²) in [7, 11) is 1.67. The molecule has 0 bridgehead atoms. The van der Waals surface area contributed by atoms with Gasteiger partial charge < -0.3 is 10.1 Å². The van der Waals surface area contributed by atoms with E-state index in [-0.39, 0.29) is 0 Å². The standard InChI is InChI=1S/C13H20ClNOS/c1-10-8-12(13(16-2)9-11(10)14)15-6-4-5-7-17-3/h8-9,15H,4-7H2,1-3H3. The summed E-state index contributed by atoms with van der Waals surface area (Å²) in [6.45, 7) is 2.97. The second-order valence-electron chi connectivity index (χ2n) is 3.93. The highest BCUT2D eigenvalue weighted by atomic mass is 35.5. The second-order valence-corrected chi connectivity index (χ2v) is 5.32. The molecule has 0 aromatic heterocycles. The number of thioether (sulfide) groups is 1. The number of methoxy groups -OCH3 is 1. The number of hydrogen-bond acceptors (Lipinski definition) is 3. The van der Waals surface area contributed by atoms with Crippen LogP contribution in [0.4, 0.5) is 5.69 Å². The molecule has 2 nitrogen and oxygen atoms in total. The van der Waals surface area contributed by atoms with Gasteiger partial charge in [-0.3, -0.25) is 0 Å². The van der Waals surface area contributed by atoms with Crippen LogP contribution in [0.5, 0.6) is 5.75 Å². The van der Waals surface area contributed by atoms with Crippen LogP contribution in [0.25, 0.3) is 0 Å². The fourth-order valence-corrected chi connectivity index (χ4v) is 2.21. The highest BCUT2D eigenvalue weighted by molar-refractivity contribution is 7.98. The molecule has 4 heteroatoms. The molecular weight excluding hydrogens is 254 g/mol. The minimum absolute atomic E-state index is 0.745. The Kier molecular flexibility index (Phi) is 6.60. The number of aryl methyl sites for hydroxylation is 1. The molecule has 1 aromatic rings. The van der Waals surface area contributed by atoms with Gasteiger partial charge in [-0.2, -0.15) is 11.8 Å². The van der Waals surface area contributed by atoms with Crippen LogP contribution in [0, 0.1) is 6.92 Å².